The number of benzene rings is 3. The van der Waals surface area contributed by atoms with Gasteiger partial charge in [-0.15, -0.1) is 0 Å². The quantitative estimate of drug-likeness (QED) is 0.249. The largest absolute Gasteiger partial charge is 0.372 e. The van der Waals surface area contributed by atoms with Crippen LogP contribution in [0.4, 0.5) is 28.4 Å². The van der Waals surface area contributed by atoms with Crippen molar-refractivity contribution in [3.63, 3.8) is 0 Å². The normalized spacial score (nSPS) is 10.9. The third-order valence-corrected chi connectivity index (χ3v) is 5.25. The van der Waals surface area contributed by atoms with Crippen molar-refractivity contribution in [2.24, 2.45) is 10.2 Å². The monoisotopic (exact) mass is 415 g/mol. The molecule has 0 heterocycles. The molecular weight excluding hydrogens is 382 g/mol. The molecule has 0 aliphatic rings. The van der Waals surface area contributed by atoms with E-state index in [4.69, 9.17) is 0 Å². The Hall–Kier alpha value is -3.34. The van der Waals surface area contributed by atoms with Crippen molar-refractivity contribution in [2.45, 2.75) is 40.0 Å². The summed E-state index contributed by atoms with van der Waals surface area (Å²) in [5.41, 5.74) is 12.7. The Morgan fingerprint density at radius 1 is 0.645 bits per heavy atom. The van der Waals surface area contributed by atoms with E-state index in [0.29, 0.717) is 0 Å². The Morgan fingerprint density at radius 2 is 1.13 bits per heavy atom. The molecule has 0 saturated heterocycles. The first-order valence-corrected chi connectivity index (χ1v) is 11.2. The minimum atomic E-state index is 0.823. The minimum Gasteiger partial charge on any atom is -0.372 e. The molecule has 0 amide bonds. The minimum absolute atomic E-state index is 0.823. The zero-order valence-corrected chi connectivity index (χ0v) is 18.8. The number of hydrazine groups is 1. The van der Waals surface area contributed by atoms with Crippen LogP contribution in [-0.4, -0.2) is 13.1 Å². The smallest absolute Gasteiger partial charge is 0.0858 e. The van der Waals surface area contributed by atoms with Crippen molar-refractivity contribution >= 4 is 28.4 Å². The highest BCUT2D eigenvalue weighted by atomic mass is 15.4. The Morgan fingerprint density at radius 3 is 1.61 bits per heavy atom. The summed E-state index contributed by atoms with van der Waals surface area (Å²) < 4.78 is 0. The van der Waals surface area contributed by atoms with Gasteiger partial charge in [0.25, 0.3) is 0 Å². The van der Waals surface area contributed by atoms with E-state index in [1.807, 2.05) is 36.4 Å². The fraction of sp³-hybridized carbons (Fsp3) is 0.308. The van der Waals surface area contributed by atoms with E-state index in [9.17, 15) is 0 Å². The molecule has 0 fully saturated rings. The highest BCUT2D eigenvalue weighted by Gasteiger charge is 2.01. The molecule has 0 aliphatic heterocycles. The Labute approximate surface area is 186 Å². The standard InChI is InChI=1S/C26H33N5/c1-4-7-8-21-9-11-22(12-10-21)27-28-23-13-15-24(16-14-23)29-30-25-17-19-26(20-18-25)31(5-2)6-3/h9-20,29-30H,4-8H2,1-3H3/b28-27+. The molecule has 2 N–H and O–H groups in total. The first-order chi connectivity index (χ1) is 15.2. The number of nitrogens with zero attached hydrogens (tertiary/aromatic N) is 3. The number of hydrogen-bond donors (Lipinski definition) is 2. The number of rotatable bonds is 11. The Kier molecular flexibility index (Phi) is 8.47. The van der Waals surface area contributed by atoms with Gasteiger partial charge in [0, 0.05) is 18.8 Å². The Bertz CT molecular complexity index is 927. The van der Waals surface area contributed by atoms with E-state index in [1.54, 1.807) is 0 Å². The van der Waals surface area contributed by atoms with Gasteiger partial charge in [-0.05, 0) is 92.9 Å². The second-order valence-electron chi connectivity index (χ2n) is 7.49. The lowest BCUT2D eigenvalue weighted by Crippen LogP contribution is -2.21. The van der Waals surface area contributed by atoms with Gasteiger partial charge in [0.2, 0.25) is 0 Å². The number of azo groups is 1. The molecule has 0 unspecified atom stereocenters. The van der Waals surface area contributed by atoms with E-state index < -0.39 is 0 Å². The zero-order valence-electron chi connectivity index (χ0n) is 18.8. The summed E-state index contributed by atoms with van der Waals surface area (Å²) >= 11 is 0. The highest BCUT2D eigenvalue weighted by molar-refractivity contribution is 5.59. The lowest BCUT2D eigenvalue weighted by atomic mass is 10.1. The van der Waals surface area contributed by atoms with Crippen LogP contribution in [0.5, 0.6) is 0 Å². The molecule has 0 radical (unpaired) electrons. The third-order valence-electron chi connectivity index (χ3n) is 5.25. The number of aryl methyl sites for hydroxylation is 1. The van der Waals surface area contributed by atoms with Crippen molar-refractivity contribution in [2.75, 3.05) is 28.8 Å². The lowest BCUT2D eigenvalue weighted by molar-refractivity contribution is 0.795. The van der Waals surface area contributed by atoms with Crippen LogP contribution in [-0.2, 0) is 6.42 Å². The molecule has 5 heteroatoms. The van der Waals surface area contributed by atoms with Gasteiger partial charge in [0.05, 0.1) is 22.7 Å². The van der Waals surface area contributed by atoms with E-state index in [0.717, 1.165) is 42.3 Å². The van der Waals surface area contributed by atoms with Crippen LogP contribution < -0.4 is 15.8 Å². The predicted octanol–water partition coefficient (Wildman–Crippen LogP) is 7.73. The third kappa shape index (κ3) is 6.85. The predicted molar refractivity (Wildman–Crippen MR) is 133 cm³/mol. The summed E-state index contributed by atoms with van der Waals surface area (Å²) in [4.78, 5) is 2.32. The number of nitrogens with one attached hydrogen (secondary N) is 2. The van der Waals surface area contributed by atoms with Crippen molar-refractivity contribution in [1.29, 1.82) is 0 Å². The van der Waals surface area contributed by atoms with Gasteiger partial charge in [0.1, 0.15) is 0 Å². The van der Waals surface area contributed by atoms with Gasteiger partial charge in [-0.2, -0.15) is 10.2 Å². The van der Waals surface area contributed by atoms with Gasteiger partial charge < -0.3 is 15.8 Å². The molecule has 0 aliphatic carbocycles. The van der Waals surface area contributed by atoms with Gasteiger partial charge in [0.15, 0.2) is 0 Å². The second kappa shape index (κ2) is 11.7. The van der Waals surface area contributed by atoms with Crippen molar-refractivity contribution in [3.05, 3.63) is 78.4 Å². The van der Waals surface area contributed by atoms with Crippen LogP contribution in [0.25, 0.3) is 0 Å². The van der Waals surface area contributed by atoms with E-state index in [-0.39, 0.29) is 0 Å². The molecule has 0 atom stereocenters. The molecule has 162 valence electrons. The summed E-state index contributed by atoms with van der Waals surface area (Å²) in [5.74, 6) is 0. The van der Waals surface area contributed by atoms with Crippen LogP contribution >= 0.6 is 0 Å². The molecular formula is C26H33N5. The van der Waals surface area contributed by atoms with E-state index >= 15 is 0 Å². The summed E-state index contributed by atoms with van der Waals surface area (Å²) in [5, 5.41) is 8.68. The van der Waals surface area contributed by atoms with Crippen LogP contribution in [0.1, 0.15) is 39.2 Å². The molecule has 31 heavy (non-hydrogen) atoms. The maximum Gasteiger partial charge on any atom is 0.0858 e. The molecule has 0 saturated carbocycles. The lowest BCUT2D eigenvalue weighted by Gasteiger charge is -2.21. The van der Waals surface area contributed by atoms with Gasteiger partial charge >= 0.3 is 0 Å². The first kappa shape index (κ1) is 22.3. The van der Waals surface area contributed by atoms with Crippen LogP contribution in [0.3, 0.4) is 0 Å². The molecule has 3 aromatic rings. The molecule has 3 aromatic carbocycles. The van der Waals surface area contributed by atoms with Crippen molar-refractivity contribution < 1.29 is 0 Å². The SMILES string of the molecule is CCCCc1ccc(/N=N/c2ccc(NNc3ccc(N(CC)CC)cc3)cc2)cc1. The first-order valence-electron chi connectivity index (χ1n) is 11.2. The van der Waals surface area contributed by atoms with Crippen molar-refractivity contribution in [1.82, 2.24) is 0 Å². The topological polar surface area (TPSA) is 52.0 Å². The van der Waals surface area contributed by atoms with Crippen molar-refractivity contribution in [3.8, 4) is 0 Å². The number of hydrogen-bond acceptors (Lipinski definition) is 5. The summed E-state index contributed by atoms with van der Waals surface area (Å²) in [7, 11) is 0. The maximum absolute atomic E-state index is 4.34. The van der Waals surface area contributed by atoms with Crippen LogP contribution in [0, 0.1) is 0 Å². The Balaban J connectivity index is 1.51. The maximum atomic E-state index is 4.34. The molecule has 3 rings (SSSR count). The van der Waals surface area contributed by atoms with Crippen LogP contribution in [0.2, 0.25) is 0 Å². The summed E-state index contributed by atoms with van der Waals surface area (Å²) in [6, 6.07) is 24.6. The molecule has 0 spiro atoms. The fourth-order valence-electron chi connectivity index (χ4n) is 3.33. The van der Waals surface area contributed by atoms with Gasteiger partial charge in [-0.3, -0.25) is 0 Å². The number of anilines is 3. The highest BCUT2D eigenvalue weighted by Crippen LogP contribution is 2.22. The van der Waals surface area contributed by atoms with Gasteiger partial charge in [-0.1, -0.05) is 25.5 Å². The average molecular weight is 416 g/mol. The zero-order chi connectivity index (χ0) is 21.9. The fourth-order valence-corrected chi connectivity index (χ4v) is 3.33. The molecule has 5 nitrogen and oxygen atoms in total. The van der Waals surface area contributed by atoms with E-state index in [2.05, 4.69) is 83.1 Å². The molecule has 0 aromatic heterocycles. The van der Waals surface area contributed by atoms with Gasteiger partial charge in [-0.25, -0.2) is 0 Å². The number of unbranched alkanes of at least 4 members (excludes halogenated alkanes) is 1. The average Bonchev–Trinajstić information content (AvgIpc) is 2.83. The van der Waals surface area contributed by atoms with Crippen LogP contribution in [0.15, 0.2) is 83.0 Å². The summed E-state index contributed by atoms with van der Waals surface area (Å²) in [6.45, 7) is 8.57. The summed E-state index contributed by atoms with van der Waals surface area (Å²) in [6.07, 6.45) is 3.55. The second-order valence-corrected chi connectivity index (χ2v) is 7.49. The molecule has 0 bridgehead atoms. The van der Waals surface area contributed by atoms with E-state index in [1.165, 1.54) is 24.1 Å².